The van der Waals surface area contributed by atoms with E-state index in [2.05, 4.69) is 69.4 Å². The first-order chi connectivity index (χ1) is 9.83. The van der Waals surface area contributed by atoms with Crippen LogP contribution in [0.5, 0.6) is 0 Å². The van der Waals surface area contributed by atoms with E-state index in [-0.39, 0.29) is 6.10 Å². The molecule has 1 atom stereocenters. The molecule has 0 fully saturated rings. The molecule has 0 amide bonds. The molecular formula is C17H14BrNO. The Labute approximate surface area is 125 Å². The molecule has 3 heteroatoms. The zero-order valence-corrected chi connectivity index (χ0v) is 12.5. The van der Waals surface area contributed by atoms with Gasteiger partial charge in [0.1, 0.15) is 6.10 Å². The van der Waals surface area contributed by atoms with Crippen molar-refractivity contribution in [3.05, 3.63) is 69.8 Å². The fraction of sp³-hybridized carbons (Fsp3) is 0.176. The standard InChI is InChI=1S/C17H14BrNO/c18-12-7-5-11(6-8-12)17-16-14(9-10-20-17)13-3-1-2-4-15(13)19-16/h1-8,17,19H,9-10H2/t17-/m0/s1. The molecule has 100 valence electrons. The molecule has 0 saturated heterocycles. The number of hydrogen-bond donors (Lipinski definition) is 1. The molecule has 3 aromatic rings. The Morgan fingerprint density at radius 3 is 2.70 bits per heavy atom. The van der Waals surface area contributed by atoms with Gasteiger partial charge >= 0.3 is 0 Å². The summed E-state index contributed by atoms with van der Waals surface area (Å²) in [6.45, 7) is 0.773. The molecule has 1 aliphatic heterocycles. The Hall–Kier alpha value is -1.58. The molecule has 0 bridgehead atoms. The van der Waals surface area contributed by atoms with Gasteiger partial charge in [-0.2, -0.15) is 0 Å². The molecule has 2 aromatic carbocycles. The van der Waals surface area contributed by atoms with Crippen molar-refractivity contribution < 1.29 is 4.74 Å². The summed E-state index contributed by atoms with van der Waals surface area (Å²) < 4.78 is 7.10. The topological polar surface area (TPSA) is 25.0 Å². The van der Waals surface area contributed by atoms with E-state index in [1.54, 1.807) is 0 Å². The van der Waals surface area contributed by atoms with E-state index in [1.807, 2.05) is 0 Å². The Bertz CT molecular complexity index is 760. The molecule has 1 aromatic heterocycles. The average Bonchev–Trinajstić information content (AvgIpc) is 2.87. The maximum atomic E-state index is 6.01. The number of halogens is 1. The predicted octanol–water partition coefficient (Wildman–Crippen LogP) is 4.59. The van der Waals surface area contributed by atoms with Gasteiger partial charge in [0.2, 0.25) is 0 Å². The number of benzene rings is 2. The molecule has 1 N–H and O–H groups in total. The highest BCUT2D eigenvalue weighted by Gasteiger charge is 2.26. The van der Waals surface area contributed by atoms with E-state index in [4.69, 9.17) is 4.74 Å². The van der Waals surface area contributed by atoms with Gasteiger partial charge in [-0.05, 0) is 35.7 Å². The van der Waals surface area contributed by atoms with Crippen LogP contribution in [0.25, 0.3) is 10.9 Å². The maximum absolute atomic E-state index is 6.01. The molecule has 4 rings (SSSR count). The summed E-state index contributed by atoms with van der Waals surface area (Å²) in [6, 6.07) is 16.9. The lowest BCUT2D eigenvalue weighted by atomic mass is 9.98. The van der Waals surface area contributed by atoms with E-state index in [0.29, 0.717) is 0 Å². The van der Waals surface area contributed by atoms with Crippen LogP contribution in [0.15, 0.2) is 53.0 Å². The van der Waals surface area contributed by atoms with E-state index < -0.39 is 0 Å². The third kappa shape index (κ3) is 1.89. The van der Waals surface area contributed by atoms with E-state index in [1.165, 1.54) is 27.7 Å². The van der Waals surface area contributed by atoms with E-state index in [0.717, 1.165) is 17.5 Å². The zero-order chi connectivity index (χ0) is 13.5. The maximum Gasteiger partial charge on any atom is 0.123 e. The largest absolute Gasteiger partial charge is 0.367 e. The fourth-order valence-corrected chi connectivity index (χ4v) is 3.24. The summed E-state index contributed by atoms with van der Waals surface area (Å²) in [6.07, 6.45) is 0.992. The van der Waals surface area contributed by atoms with Crippen molar-refractivity contribution in [3.8, 4) is 0 Å². The smallest absolute Gasteiger partial charge is 0.123 e. The Morgan fingerprint density at radius 1 is 1.05 bits per heavy atom. The van der Waals surface area contributed by atoms with Crippen LogP contribution in [-0.2, 0) is 11.2 Å². The summed E-state index contributed by atoms with van der Waals surface area (Å²) in [5.41, 5.74) is 5.00. The molecule has 0 radical (unpaired) electrons. The van der Waals surface area contributed by atoms with E-state index >= 15 is 0 Å². The molecular weight excluding hydrogens is 314 g/mol. The summed E-state index contributed by atoms with van der Waals surface area (Å²) in [7, 11) is 0. The Kier molecular flexibility index (Phi) is 2.90. The molecule has 2 heterocycles. The number of H-pyrrole nitrogens is 1. The number of hydrogen-bond acceptors (Lipinski definition) is 1. The number of para-hydroxylation sites is 1. The highest BCUT2D eigenvalue weighted by molar-refractivity contribution is 9.10. The molecule has 0 aliphatic carbocycles. The molecule has 20 heavy (non-hydrogen) atoms. The first-order valence-corrected chi connectivity index (χ1v) is 7.59. The highest BCUT2D eigenvalue weighted by Crippen LogP contribution is 2.36. The average molecular weight is 328 g/mol. The molecule has 0 unspecified atom stereocenters. The van der Waals surface area contributed by atoms with Crippen LogP contribution in [0.2, 0.25) is 0 Å². The van der Waals surface area contributed by atoms with Crippen LogP contribution in [0.3, 0.4) is 0 Å². The fourth-order valence-electron chi connectivity index (χ4n) is 2.98. The van der Waals surface area contributed by atoms with Crippen LogP contribution in [0, 0.1) is 0 Å². The van der Waals surface area contributed by atoms with Gasteiger partial charge < -0.3 is 9.72 Å². The number of nitrogens with one attached hydrogen (secondary N) is 1. The van der Waals surface area contributed by atoms with Gasteiger partial charge in [-0.1, -0.05) is 46.3 Å². The van der Waals surface area contributed by atoms with Gasteiger partial charge in [0.25, 0.3) is 0 Å². The molecule has 0 saturated carbocycles. The summed E-state index contributed by atoms with van der Waals surface area (Å²) in [4.78, 5) is 3.54. The lowest BCUT2D eigenvalue weighted by Gasteiger charge is -2.24. The van der Waals surface area contributed by atoms with Crippen molar-refractivity contribution in [1.82, 2.24) is 4.98 Å². The summed E-state index contributed by atoms with van der Waals surface area (Å²) in [5, 5.41) is 1.33. The van der Waals surface area contributed by atoms with Crippen LogP contribution >= 0.6 is 15.9 Å². The monoisotopic (exact) mass is 327 g/mol. The predicted molar refractivity (Wildman–Crippen MR) is 83.9 cm³/mol. The molecule has 2 nitrogen and oxygen atoms in total. The SMILES string of the molecule is Brc1ccc([C@@H]2OCCc3c2[nH]c2ccccc32)cc1. The lowest BCUT2D eigenvalue weighted by molar-refractivity contribution is 0.0677. The number of ether oxygens (including phenoxy) is 1. The second-order valence-electron chi connectivity index (χ2n) is 5.12. The van der Waals surface area contributed by atoms with Crippen molar-refractivity contribution in [2.24, 2.45) is 0 Å². The van der Waals surface area contributed by atoms with Gasteiger partial charge in [0.05, 0.1) is 12.3 Å². The number of aromatic amines is 1. The first kappa shape index (κ1) is 12.2. The van der Waals surface area contributed by atoms with Gasteiger partial charge in [0.15, 0.2) is 0 Å². The number of rotatable bonds is 1. The quantitative estimate of drug-likeness (QED) is 0.694. The number of aromatic nitrogens is 1. The van der Waals surface area contributed by atoms with E-state index in [9.17, 15) is 0 Å². The van der Waals surface area contributed by atoms with Crippen molar-refractivity contribution >= 4 is 26.8 Å². The zero-order valence-electron chi connectivity index (χ0n) is 10.9. The first-order valence-electron chi connectivity index (χ1n) is 6.79. The third-order valence-electron chi connectivity index (χ3n) is 3.92. The van der Waals surface area contributed by atoms with Crippen molar-refractivity contribution in [2.75, 3.05) is 6.61 Å². The van der Waals surface area contributed by atoms with Crippen molar-refractivity contribution in [2.45, 2.75) is 12.5 Å². The minimum atomic E-state index is 0.0132. The van der Waals surface area contributed by atoms with Crippen LogP contribution < -0.4 is 0 Å². The third-order valence-corrected chi connectivity index (χ3v) is 4.45. The second-order valence-corrected chi connectivity index (χ2v) is 6.03. The highest BCUT2D eigenvalue weighted by atomic mass is 79.9. The minimum Gasteiger partial charge on any atom is -0.367 e. The van der Waals surface area contributed by atoms with Gasteiger partial charge in [-0.3, -0.25) is 0 Å². The summed E-state index contributed by atoms with van der Waals surface area (Å²) >= 11 is 3.48. The normalized spacial score (nSPS) is 18.1. The molecule has 0 spiro atoms. The van der Waals surface area contributed by atoms with Gasteiger partial charge in [0, 0.05) is 15.4 Å². The van der Waals surface area contributed by atoms with Crippen molar-refractivity contribution in [1.29, 1.82) is 0 Å². The van der Waals surface area contributed by atoms with Crippen LogP contribution in [0.4, 0.5) is 0 Å². The second kappa shape index (κ2) is 4.76. The molecule has 1 aliphatic rings. The minimum absolute atomic E-state index is 0.0132. The Balaban J connectivity index is 1.87. The number of fused-ring (bicyclic) bond motifs is 3. The van der Waals surface area contributed by atoms with Crippen LogP contribution in [0.1, 0.15) is 22.9 Å². The van der Waals surface area contributed by atoms with Gasteiger partial charge in [-0.15, -0.1) is 0 Å². The van der Waals surface area contributed by atoms with Crippen molar-refractivity contribution in [3.63, 3.8) is 0 Å². The van der Waals surface area contributed by atoms with Crippen LogP contribution in [-0.4, -0.2) is 11.6 Å². The Morgan fingerprint density at radius 2 is 1.85 bits per heavy atom. The van der Waals surface area contributed by atoms with Gasteiger partial charge in [-0.25, -0.2) is 0 Å². The summed E-state index contributed by atoms with van der Waals surface area (Å²) in [5.74, 6) is 0. The lowest BCUT2D eigenvalue weighted by Crippen LogP contribution is -2.16.